The highest BCUT2D eigenvalue weighted by Crippen LogP contribution is 2.39. The van der Waals surface area contributed by atoms with E-state index in [9.17, 15) is 9.90 Å². The topological polar surface area (TPSA) is 87.7 Å². The minimum Gasteiger partial charge on any atom is -0.507 e. The van der Waals surface area contributed by atoms with Crippen molar-refractivity contribution >= 4 is 17.8 Å². The molecular weight excluding hydrogens is 338 g/mol. The van der Waals surface area contributed by atoms with Crippen LogP contribution < -0.4 is 11.2 Å². The van der Waals surface area contributed by atoms with Gasteiger partial charge in [-0.25, -0.2) is 5.43 Å². The Kier molecular flexibility index (Phi) is 5.64. The smallest absolute Gasteiger partial charge is 0.271 e. The largest absolute Gasteiger partial charge is 0.507 e. The van der Waals surface area contributed by atoms with E-state index in [4.69, 9.17) is 5.73 Å². The highest BCUT2D eigenvalue weighted by Gasteiger charge is 2.26. The quantitative estimate of drug-likeness (QED) is 0.428. The number of phenols is 1. The fraction of sp³-hybridized carbons (Fsp3) is 0.364. The Hall–Kier alpha value is -2.82. The first-order valence-corrected chi connectivity index (χ1v) is 8.96. The van der Waals surface area contributed by atoms with E-state index >= 15 is 0 Å². The molecule has 5 heteroatoms. The maximum absolute atomic E-state index is 12.1. The van der Waals surface area contributed by atoms with Gasteiger partial charge in [0.2, 0.25) is 0 Å². The summed E-state index contributed by atoms with van der Waals surface area (Å²) in [5, 5.41) is 14.8. The Morgan fingerprint density at radius 2 is 1.48 bits per heavy atom. The molecule has 0 aromatic heterocycles. The van der Waals surface area contributed by atoms with E-state index in [1.807, 2.05) is 12.1 Å². The van der Waals surface area contributed by atoms with Gasteiger partial charge in [-0.2, -0.15) is 5.10 Å². The number of hydrogen-bond donors (Lipinski definition) is 3. The molecular formula is C22H29N3O2. The Balaban J connectivity index is 2.31. The molecule has 0 aliphatic carbocycles. The van der Waals surface area contributed by atoms with Crippen LogP contribution in [0.4, 0.5) is 5.69 Å². The summed E-state index contributed by atoms with van der Waals surface area (Å²) in [4.78, 5) is 12.1. The molecule has 0 spiro atoms. The fourth-order valence-corrected chi connectivity index (χ4v) is 2.74. The van der Waals surface area contributed by atoms with Crippen molar-refractivity contribution in [2.75, 3.05) is 5.73 Å². The number of benzene rings is 2. The first-order valence-electron chi connectivity index (χ1n) is 8.96. The second kappa shape index (κ2) is 7.43. The number of rotatable bonds is 3. The molecule has 0 aliphatic heterocycles. The molecule has 0 saturated heterocycles. The van der Waals surface area contributed by atoms with Crippen molar-refractivity contribution in [1.29, 1.82) is 0 Å². The minimum absolute atomic E-state index is 0.221. The SMILES string of the molecule is CC(C)(C)c1cc(C=NNC(=O)c2ccc(N)cc2)cc(C(C)(C)C)c1O. The van der Waals surface area contributed by atoms with Gasteiger partial charge in [0.15, 0.2) is 0 Å². The molecule has 0 aliphatic rings. The number of nitrogens with zero attached hydrogens (tertiary/aromatic N) is 1. The van der Waals surface area contributed by atoms with Crippen molar-refractivity contribution in [3.8, 4) is 5.75 Å². The third-order valence-electron chi connectivity index (χ3n) is 4.30. The number of nitrogens with one attached hydrogen (secondary N) is 1. The lowest BCUT2D eigenvalue weighted by Crippen LogP contribution is -2.19. The van der Waals surface area contributed by atoms with Crippen molar-refractivity contribution in [2.24, 2.45) is 5.10 Å². The van der Waals surface area contributed by atoms with E-state index < -0.39 is 0 Å². The Morgan fingerprint density at radius 3 is 1.93 bits per heavy atom. The van der Waals surface area contributed by atoms with Crippen LogP contribution in [0.3, 0.4) is 0 Å². The number of phenolic OH excluding ortho intramolecular Hbond substituents is 1. The van der Waals surface area contributed by atoms with Gasteiger partial charge in [0.1, 0.15) is 5.75 Å². The number of carbonyl (C=O) groups excluding carboxylic acids is 1. The molecule has 27 heavy (non-hydrogen) atoms. The summed E-state index contributed by atoms with van der Waals surface area (Å²) >= 11 is 0. The number of nitrogens with two attached hydrogens (primary N) is 1. The normalized spacial score (nSPS) is 12.4. The summed E-state index contributed by atoms with van der Waals surface area (Å²) in [7, 11) is 0. The molecule has 0 fully saturated rings. The van der Waals surface area contributed by atoms with Gasteiger partial charge in [0.25, 0.3) is 5.91 Å². The van der Waals surface area contributed by atoms with Crippen LogP contribution in [-0.2, 0) is 10.8 Å². The molecule has 144 valence electrons. The summed E-state index contributed by atoms with van der Waals surface area (Å²) in [5.41, 5.74) is 11.3. The molecule has 0 radical (unpaired) electrons. The first kappa shape index (κ1) is 20.5. The molecule has 2 aromatic carbocycles. The lowest BCUT2D eigenvalue weighted by molar-refractivity contribution is 0.0955. The van der Waals surface area contributed by atoms with Gasteiger partial charge >= 0.3 is 0 Å². The molecule has 0 heterocycles. The van der Waals surface area contributed by atoms with Crippen LogP contribution in [0.5, 0.6) is 5.75 Å². The highest BCUT2D eigenvalue weighted by atomic mass is 16.3. The van der Waals surface area contributed by atoms with E-state index in [2.05, 4.69) is 52.1 Å². The first-order chi connectivity index (χ1) is 12.4. The van der Waals surface area contributed by atoms with E-state index in [1.165, 1.54) is 0 Å². The highest BCUT2D eigenvalue weighted by molar-refractivity contribution is 5.95. The zero-order valence-corrected chi connectivity index (χ0v) is 16.9. The summed E-state index contributed by atoms with van der Waals surface area (Å²) in [6, 6.07) is 10.5. The van der Waals surface area contributed by atoms with E-state index in [1.54, 1.807) is 30.5 Å². The predicted octanol–water partition coefficient (Wildman–Crippen LogP) is 4.33. The maximum Gasteiger partial charge on any atom is 0.271 e. The summed E-state index contributed by atoms with van der Waals surface area (Å²) in [6.07, 6.45) is 1.60. The van der Waals surface area contributed by atoms with Crippen molar-refractivity contribution in [3.05, 3.63) is 58.7 Å². The van der Waals surface area contributed by atoms with Gasteiger partial charge in [0.05, 0.1) is 6.21 Å². The second-order valence-electron chi connectivity index (χ2n) is 8.79. The lowest BCUT2D eigenvalue weighted by Gasteiger charge is -2.27. The standard InChI is InChI=1S/C22H29N3O2/c1-21(2,3)17-11-14(12-18(19(17)26)22(4,5)6)13-24-25-20(27)15-7-9-16(23)10-8-15/h7-13,26H,23H2,1-6H3,(H,25,27). The molecule has 0 saturated carbocycles. The third-order valence-corrected chi connectivity index (χ3v) is 4.30. The third kappa shape index (κ3) is 5.09. The second-order valence-corrected chi connectivity index (χ2v) is 8.79. The van der Waals surface area contributed by atoms with Crippen molar-refractivity contribution in [2.45, 2.75) is 52.4 Å². The Labute approximate surface area is 161 Å². The van der Waals surface area contributed by atoms with Crippen LogP contribution in [0.25, 0.3) is 0 Å². The van der Waals surface area contributed by atoms with Gasteiger partial charge in [0, 0.05) is 22.4 Å². The lowest BCUT2D eigenvalue weighted by atomic mass is 9.78. The molecule has 0 unspecified atom stereocenters. The number of hydrogen-bond acceptors (Lipinski definition) is 4. The minimum atomic E-state index is -0.308. The number of nitrogen functional groups attached to an aromatic ring is 1. The number of amides is 1. The average Bonchev–Trinajstić information content (AvgIpc) is 2.54. The van der Waals surface area contributed by atoms with Crippen LogP contribution in [0.1, 0.15) is 68.6 Å². The molecule has 1 amide bonds. The monoisotopic (exact) mass is 367 g/mol. The molecule has 0 atom stereocenters. The Bertz CT molecular complexity index is 820. The summed E-state index contributed by atoms with van der Waals surface area (Å²) < 4.78 is 0. The molecule has 0 bridgehead atoms. The van der Waals surface area contributed by atoms with E-state index in [-0.39, 0.29) is 16.7 Å². The van der Waals surface area contributed by atoms with E-state index in [0.29, 0.717) is 17.0 Å². The van der Waals surface area contributed by atoms with Gasteiger partial charge in [-0.1, -0.05) is 41.5 Å². The molecule has 2 rings (SSSR count). The number of hydrazone groups is 1. The number of anilines is 1. The van der Waals surface area contributed by atoms with Crippen molar-refractivity contribution in [3.63, 3.8) is 0 Å². The fourth-order valence-electron chi connectivity index (χ4n) is 2.74. The molecule has 4 N–H and O–H groups in total. The van der Waals surface area contributed by atoms with Crippen LogP contribution >= 0.6 is 0 Å². The Morgan fingerprint density at radius 1 is 1.00 bits per heavy atom. The van der Waals surface area contributed by atoms with Gasteiger partial charge < -0.3 is 10.8 Å². The van der Waals surface area contributed by atoms with Crippen molar-refractivity contribution in [1.82, 2.24) is 5.43 Å². The maximum atomic E-state index is 12.1. The van der Waals surface area contributed by atoms with Gasteiger partial charge in [-0.3, -0.25) is 4.79 Å². The van der Waals surface area contributed by atoms with E-state index in [0.717, 1.165) is 16.7 Å². The van der Waals surface area contributed by atoms with Crippen LogP contribution in [-0.4, -0.2) is 17.2 Å². The molecule has 5 nitrogen and oxygen atoms in total. The number of aromatic hydroxyl groups is 1. The van der Waals surface area contributed by atoms with Crippen LogP contribution in [0.15, 0.2) is 41.5 Å². The molecule has 2 aromatic rings. The van der Waals surface area contributed by atoms with Gasteiger partial charge in [-0.15, -0.1) is 0 Å². The van der Waals surface area contributed by atoms with Crippen LogP contribution in [0.2, 0.25) is 0 Å². The van der Waals surface area contributed by atoms with Gasteiger partial charge in [-0.05, 0) is 52.8 Å². The van der Waals surface area contributed by atoms with Crippen molar-refractivity contribution < 1.29 is 9.90 Å². The zero-order valence-electron chi connectivity index (χ0n) is 16.9. The predicted molar refractivity (Wildman–Crippen MR) is 111 cm³/mol. The number of carbonyl (C=O) groups is 1. The van der Waals surface area contributed by atoms with Crippen LogP contribution in [0, 0.1) is 0 Å². The summed E-state index contributed by atoms with van der Waals surface area (Å²) in [5.74, 6) is 0.00942. The summed E-state index contributed by atoms with van der Waals surface area (Å²) in [6.45, 7) is 12.3. The average molecular weight is 367 g/mol. The zero-order chi connectivity index (χ0) is 20.4.